The second-order valence-corrected chi connectivity index (χ2v) is 6.31. The van der Waals surface area contributed by atoms with Gasteiger partial charge in [0.05, 0.1) is 29.5 Å². The van der Waals surface area contributed by atoms with Crippen LogP contribution in [-0.2, 0) is 9.53 Å². The number of unbranched alkanes of at least 4 members (excludes halogenated alkanes) is 1. The van der Waals surface area contributed by atoms with E-state index in [0.29, 0.717) is 35.4 Å². The van der Waals surface area contributed by atoms with Gasteiger partial charge < -0.3 is 19.5 Å². The first-order valence-corrected chi connectivity index (χ1v) is 9.54. The molecule has 0 spiro atoms. The number of carbonyl (C=O) groups excluding carboxylic acids is 2. The molecule has 0 bridgehead atoms. The lowest BCUT2D eigenvalue weighted by atomic mass is 10.2. The topological polar surface area (TPSA) is 73.9 Å². The van der Waals surface area contributed by atoms with Crippen LogP contribution < -0.4 is 14.8 Å². The lowest BCUT2D eigenvalue weighted by Crippen LogP contribution is -2.21. The highest BCUT2D eigenvalue weighted by atomic mass is 35.5. The molecular weight excluding hydrogens is 382 g/mol. The van der Waals surface area contributed by atoms with Gasteiger partial charge in [0.1, 0.15) is 0 Å². The van der Waals surface area contributed by atoms with E-state index in [2.05, 4.69) is 12.2 Å². The fourth-order valence-corrected chi connectivity index (χ4v) is 2.50. The minimum absolute atomic E-state index is 0.275. The van der Waals surface area contributed by atoms with Crippen molar-refractivity contribution in [3.05, 3.63) is 53.1 Å². The van der Waals surface area contributed by atoms with Gasteiger partial charge in [0, 0.05) is 0 Å². The van der Waals surface area contributed by atoms with E-state index >= 15 is 0 Å². The molecule has 150 valence electrons. The van der Waals surface area contributed by atoms with E-state index in [1.807, 2.05) is 6.92 Å². The van der Waals surface area contributed by atoms with Crippen LogP contribution in [0.3, 0.4) is 0 Å². The molecule has 7 heteroatoms. The Morgan fingerprint density at radius 1 is 1.04 bits per heavy atom. The average Bonchev–Trinajstić information content (AvgIpc) is 2.69. The number of rotatable bonds is 10. The zero-order valence-electron chi connectivity index (χ0n) is 16.0. The molecule has 0 aliphatic carbocycles. The number of esters is 1. The van der Waals surface area contributed by atoms with Crippen molar-refractivity contribution < 1.29 is 23.8 Å². The molecule has 1 amide bonds. The van der Waals surface area contributed by atoms with E-state index in [-0.39, 0.29) is 5.56 Å². The molecule has 6 nitrogen and oxygen atoms in total. The molecule has 0 unspecified atom stereocenters. The lowest BCUT2D eigenvalue weighted by Gasteiger charge is -2.13. The van der Waals surface area contributed by atoms with E-state index in [0.717, 1.165) is 12.8 Å². The maximum atomic E-state index is 12.3. The van der Waals surface area contributed by atoms with Crippen LogP contribution in [-0.4, -0.2) is 31.7 Å². The molecule has 0 atom stereocenters. The van der Waals surface area contributed by atoms with Crippen LogP contribution in [0.2, 0.25) is 5.02 Å². The summed E-state index contributed by atoms with van der Waals surface area (Å²) in [7, 11) is 0. The van der Waals surface area contributed by atoms with Crippen LogP contribution in [0.5, 0.6) is 11.5 Å². The summed E-state index contributed by atoms with van der Waals surface area (Å²) in [5.41, 5.74) is 0.731. The molecule has 2 aromatic rings. The Morgan fingerprint density at radius 2 is 1.82 bits per heavy atom. The first-order valence-electron chi connectivity index (χ1n) is 9.16. The molecule has 2 aromatic carbocycles. The van der Waals surface area contributed by atoms with Crippen molar-refractivity contribution in [2.24, 2.45) is 0 Å². The molecular formula is C21H24ClNO5. The molecule has 0 saturated carbocycles. The lowest BCUT2D eigenvalue weighted by molar-refractivity contribution is -0.119. The highest BCUT2D eigenvalue weighted by Gasteiger charge is 2.15. The largest absolute Gasteiger partial charge is 0.490 e. The summed E-state index contributed by atoms with van der Waals surface area (Å²) in [6.07, 6.45) is 1.94. The Bertz CT molecular complexity index is 809. The van der Waals surface area contributed by atoms with Gasteiger partial charge in [0.15, 0.2) is 18.1 Å². The molecule has 0 saturated heterocycles. The Balaban J connectivity index is 1.96. The predicted octanol–water partition coefficient (Wildman–Crippen LogP) is 4.71. The first kappa shape index (κ1) is 21.6. The van der Waals surface area contributed by atoms with Crippen molar-refractivity contribution >= 4 is 29.2 Å². The summed E-state index contributed by atoms with van der Waals surface area (Å²) in [5.74, 6) is -0.0711. The average molecular weight is 406 g/mol. The molecule has 0 heterocycles. The van der Waals surface area contributed by atoms with E-state index in [1.54, 1.807) is 42.5 Å². The van der Waals surface area contributed by atoms with Crippen molar-refractivity contribution in [2.45, 2.75) is 26.7 Å². The fourth-order valence-electron chi connectivity index (χ4n) is 2.31. The number of nitrogens with one attached hydrogen (secondary N) is 1. The Hall–Kier alpha value is -2.73. The summed E-state index contributed by atoms with van der Waals surface area (Å²) in [4.78, 5) is 24.3. The zero-order chi connectivity index (χ0) is 20.4. The maximum absolute atomic E-state index is 12.3. The maximum Gasteiger partial charge on any atom is 0.338 e. The van der Waals surface area contributed by atoms with Crippen LogP contribution >= 0.6 is 11.6 Å². The van der Waals surface area contributed by atoms with E-state index in [4.69, 9.17) is 25.8 Å². The van der Waals surface area contributed by atoms with Gasteiger partial charge in [-0.15, -0.1) is 0 Å². The molecule has 1 N–H and O–H groups in total. The molecule has 2 rings (SSSR count). The Labute approximate surface area is 169 Å². The van der Waals surface area contributed by atoms with E-state index in [9.17, 15) is 9.59 Å². The molecule has 0 aliphatic heterocycles. The van der Waals surface area contributed by atoms with Crippen molar-refractivity contribution in [1.82, 2.24) is 0 Å². The number of halogens is 1. The summed E-state index contributed by atoms with van der Waals surface area (Å²) < 4.78 is 16.3. The zero-order valence-corrected chi connectivity index (χ0v) is 16.8. The van der Waals surface area contributed by atoms with Crippen molar-refractivity contribution in [2.75, 3.05) is 25.1 Å². The third-order valence-corrected chi connectivity index (χ3v) is 4.05. The number of benzene rings is 2. The highest BCUT2D eigenvalue weighted by molar-refractivity contribution is 6.33. The Morgan fingerprint density at radius 3 is 2.54 bits per heavy atom. The molecule has 0 radical (unpaired) electrons. The number of carbonyl (C=O) groups is 2. The number of para-hydroxylation sites is 1. The van der Waals surface area contributed by atoms with Gasteiger partial charge in [0.2, 0.25) is 0 Å². The third-order valence-electron chi connectivity index (χ3n) is 3.72. The predicted molar refractivity (Wildman–Crippen MR) is 108 cm³/mol. The molecule has 0 fully saturated rings. The smallest absolute Gasteiger partial charge is 0.338 e. The van der Waals surface area contributed by atoms with Crippen LogP contribution in [0.15, 0.2) is 42.5 Å². The number of amides is 1. The van der Waals surface area contributed by atoms with Crippen molar-refractivity contribution in [1.29, 1.82) is 0 Å². The van der Waals surface area contributed by atoms with Gasteiger partial charge in [-0.05, 0) is 43.7 Å². The van der Waals surface area contributed by atoms with Crippen LogP contribution in [0.25, 0.3) is 0 Å². The second kappa shape index (κ2) is 11.2. The minimum atomic E-state index is -0.629. The van der Waals surface area contributed by atoms with Gasteiger partial charge in [-0.1, -0.05) is 37.1 Å². The normalized spacial score (nSPS) is 10.2. The summed E-state index contributed by atoms with van der Waals surface area (Å²) in [5, 5.41) is 3.00. The quantitative estimate of drug-likeness (QED) is 0.457. The first-order chi connectivity index (χ1) is 13.5. The number of ether oxygens (including phenoxy) is 3. The van der Waals surface area contributed by atoms with E-state index in [1.165, 1.54) is 0 Å². The number of hydrogen-bond donors (Lipinski definition) is 1. The molecule has 0 aromatic heterocycles. The van der Waals surface area contributed by atoms with Gasteiger partial charge in [-0.25, -0.2) is 4.79 Å². The monoisotopic (exact) mass is 405 g/mol. The van der Waals surface area contributed by atoms with Crippen molar-refractivity contribution in [3.63, 3.8) is 0 Å². The number of hydrogen-bond acceptors (Lipinski definition) is 5. The van der Waals surface area contributed by atoms with Gasteiger partial charge in [-0.3, -0.25) is 4.79 Å². The van der Waals surface area contributed by atoms with Crippen LogP contribution in [0, 0.1) is 0 Å². The van der Waals surface area contributed by atoms with Crippen molar-refractivity contribution in [3.8, 4) is 11.5 Å². The van der Waals surface area contributed by atoms with E-state index < -0.39 is 18.5 Å². The summed E-state index contributed by atoms with van der Waals surface area (Å²) >= 11 is 5.99. The van der Waals surface area contributed by atoms with Gasteiger partial charge in [-0.2, -0.15) is 0 Å². The molecule has 28 heavy (non-hydrogen) atoms. The highest BCUT2D eigenvalue weighted by Crippen LogP contribution is 2.29. The summed E-state index contributed by atoms with van der Waals surface area (Å²) in [6, 6.07) is 11.6. The standard InChI is InChI=1S/C21H24ClNO5/c1-3-5-12-27-18-11-10-15(13-19(18)26-4-2)21(25)28-14-20(24)23-17-9-7-6-8-16(17)22/h6-11,13H,3-5,12,14H2,1-2H3,(H,23,24). The van der Waals surface area contributed by atoms with Gasteiger partial charge >= 0.3 is 5.97 Å². The summed E-state index contributed by atoms with van der Waals surface area (Å²) in [6.45, 7) is 4.50. The van der Waals surface area contributed by atoms with Crippen LogP contribution in [0.4, 0.5) is 5.69 Å². The minimum Gasteiger partial charge on any atom is -0.490 e. The third kappa shape index (κ3) is 6.46. The fraction of sp³-hybridized carbons (Fsp3) is 0.333. The second-order valence-electron chi connectivity index (χ2n) is 5.90. The Kier molecular flexibility index (Phi) is 8.62. The number of anilines is 1. The SMILES string of the molecule is CCCCOc1ccc(C(=O)OCC(=O)Nc2ccccc2Cl)cc1OCC. The van der Waals surface area contributed by atoms with Crippen LogP contribution in [0.1, 0.15) is 37.0 Å². The van der Waals surface area contributed by atoms with Gasteiger partial charge in [0.25, 0.3) is 5.91 Å². The molecule has 0 aliphatic rings.